The summed E-state index contributed by atoms with van der Waals surface area (Å²) in [6, 6.07) is 8.94. The van der Waals surface area contributed by atoms with E-state index in [1.165, 1.54) is 6.07 Å². The fourth-order valence-electron chi connectivity index (χ4n) is 4.99. The van der Waals surface area contributed by atoms with E-state index >= 15 is 0 Å². The van der Waals surface area contributed by atoms with Gasteiger partial charge < -0.3 is 24.8 Å². The smallest absolute Gasteiger partial charge is 0.165 e. The maximum Gasteiger partial charge on any atom is 0.165 e. The number of hydrogen-bond donors (Lipinski definition) is 3. The van der Waals surface area contributed by atoms with E-state index in [0.29, 0.717) is 5.75 Å². The van der Waals surface area contributed by atoms with Gasteiger partial charge in [-0.15, -0.1) is 24.8 Å². The van der Waals surface area contributed by atoms with Crippen LogP contribution in [0.4, 0.5) is 10.2 Å². The summed E-state index contributed by atoms with van der Waals surface area (Å²) in [5.41, 5.74) is 3.05. The van der Waals surface area contributed by atoms with E-state index in [2.05, 4.69) is 32.2 Å². The number of rotatable bonds is 9. The van der Waals surface area contributed by atoms with Gasteiger partial charge >= 0.3 is 0 Å². The van der Waals surface area contributed by atoms with Crippen LogP contribution in [0, 0.1) is 5.82 Å². The number of aliphatic hydroxyl groups is 2. The Bertz CT molecular complexity index is 1320. The SMILES string of the molecule is CCNc1cc2c(cn1)c(-c1cnn(CC(O)CO)c1)cn2C1CCC(Oc2ccccc2F)CC1.Cl.Cl. The largest absolute Gasteiger partial charge is 0.487 e. The van der Waals surface area contributed by atoms with Gasteiger partial charge in [0.2, 0.25) is 0 Å². The summed E-state index contributed by atoms with van der Waals surface area (Å²) in [7, 11) is 0. The molecule has 1 unspecified atom stereocenters. The highest BCUT2D eigenvalue weighted by molar-refractivity contribution is 5.96. The maximum absolute atomic E-state index is 14.0. The fraction of sp³-hybridized carbons (Fsp3) is 0.407. The molecule has 1 aliphatic carbocycles. The quantitative estimate of drug-likeness (QED) is 0.257. The zero-order valence-corrected chi connectivity index (χ0v) is 22.8. The maximum atomic E-state index is 14.0. The molecule has 11 heteroatoms. The van der Waals surface area contributed by atoms with Crippen LogP contribution in [-0.4, -0.2) is 54.9 Å². The topological polar surface area (TPSA) is 97.4 Å². The summed E-state index contributed by atoms with van der Waals surface area (Å²) >= 11 is 0. The Morgan fingerprint density at radius 3 is 2.61 bits per heavy atom. The van der Waals surface area contributed by atoms with Crippen molar-refractivity contribution in [3.05, 3.63) is 60.9 Å². The summed E-state index contributed by atoms with van der Waals surface area (Å²) in [5, 5.41) is 27.6. The molecule has 0 bridgehead atoms. The number of hydrogen-bond acceptors (Lipinski definition) is 6. The molecule has 1 fully saturated rings. The lowest BCUT2D eigenvalue weighted by atomic mass is 9.92. The Balaban J connectivity index is 0.00000200. The van der Waals surface area contributed by atoms with Gasteiger partial charge in [0.15, 0.2) is 11.6 Å². The summed E-state index contributed by atoms with van der Waals surface area (Å²) in [6.07, 6.45) is 10.4. The second kappa shape index (κ2) is 13.3. The molecule has 3 N–H and O–H groups in total. The molecule has 3 aromatic heterocycles. The number of para-hydroxylation sites is 1. The van der Waals surface area contributed by atoms with Crippen molar-refractivity contribution in [1.29, 1.82) is 0 Å². The fourth-order valence-corrected chi connectivity index (χ4v) is 4.99. The molecule has 0 saturated heterocycles. The lowest BCUT2D eigenvalue weighted by Gasteiger charge is -2.30. The number of nitrogens with zero attached hydrogens (tertiary/aromatic N) is 4. The first-order chi connectivity index (χ1) is 17.6. The van der Waals surface area contributed by atoms with Gasteiger partial charge in [0.1, 0.15) is 5.82 Å². The molecule has 3 heterocycles. The van der Waals surface area contributed by atoms with Crippen molar-refractivity contribution in [2.45, 2.75) is 57.4 Å². The molecule has 1 saturated carbocycles. The third-order valence-corrected chi connectivity index (χ3v) is 6.80. The van der Waals surface area contributed by atoms with E-state index in [9.17, 15) is 9.50 Å². The van der Waals surface area contributed by atoms with Crippen LogP contribution >= 0.6 is 24.8 Å². The van der Waals surface area contributed by atoms with Gasteiger partial charge in [-0.3, -0.25) is 4.68 Å². The van der Waals surface area contributed by atoms with Crippen molar-refractivity contribution >= 4 is 41.5 Å². The Hall–Kier alpha value is -2.85. The van der Waals surface area contributed by atoms with Crippen LogP contribution < -0.4 is 10.1 Å². The van der Waals surface area contributed by atoms with Crippen LogP contribution in [0.25, 0.3) is 22.0 Å². The third-order valence-electron chi connectivity index (χ3n) is 6.80. The monoisotopic (exact) mass is 565 g/mol. The summed E-state index contributed by atoms with van der Waals surface area (Å²) in [4.78, 5) is 4.60. The van der Waals surface area contributed by atoms with Gasteiger partial charge in [-0.1, -0.05) is 12.1 Å². The minimum absolute atomic E-state index is 0. The number of fused-ring (bicyclic) bond motifs is 1. The molecule has 8 nitrogen and oxygen atoms in total. The molecular formula is C27H34Cl2FN5O3. The Morgan fingerprint density at radius 1 is 1.13 bits per heavy atom. The Labute approximate surface area is 233 Å². The molecule has 0 amide bonds. The molecule has 1 aliphatic rings. The van der Waals surface area contributed by atoms with Gasteiger partial charge in [-0.05, 0) is 44.7 Å². The number of benzene rings is 1. The van der Waals surface area contributed by atoms with E-state index in [1.807, 2.05) is 19.3 Å². The molecular weight excluding hydrogens is 532 g/mol. The number of aromatic nitrogens is 4. The van der Waals surface area contributed by atoms with Gasteiger partial charge in [-0.25, -0.2) is 9.37 Å². The van der Waals surface area contributed by atoms with Crippen molar-refractivity contribution in [2.24, 2.45) is 0 Å². The van der Waals surface area contributed by atoms with Crippen molar-refractivity contribution in [1.82, 2.24) is 19.3 Å². The zero-order chi connectivity index (χ0) is 25.1. The van der Waals surface area contributed by atoms with Crippen LogP contribution in [0.5, 0.6) is 5.75 Å². The van der Waals surface area contributed by atoms with Crippen LogP contribution in [0.3, 0.4) is 0 Å². The molecule has 206 valence electrons. The molecule has 4 aromatic rings. The highest BCUT2D eigenvalue weighted by Crippen LogP contribution is 2.38. The Kier molecular flexibility index (Phi) is 10.4. The molecule has 5 rings (SSSR count). The van der Waals surface area contributed by atoms with Crippen LogP contribution in [-0.2, 0) is 6.54 Å². The van der Waals surface area contributed by atoms with Gasteiger partial charge in [0.25, 0.3) is 0 Å². The van der Waals surface area contributed by atoms with E-state index in [0.717, 1.165) is 60.1 Å². The second-order valence-electron chi connectivity index (χ2n) is 9.33. The first-order valence-electron chi connectivity index (χ1n) is 12.5. The molecule has 0 radical (unpaired) electrons. The minimum Gasteiger partial charge on any atom is -0.487 e. The summed E-state index contributed by atoms with van der Waals surface area (Å²) in [5.74, 6) is 0.824. The van der Waals surface area contributed by atoms with Crippen molar-refractivity contribution < 1.29 is 19.3 Å². The number of ether oxygens (including phenoxy) is 1. The van der Waals surface area contributed by atoms with E-state index < -0.39 is 6.10 Å². The summed E-state index contributed by atoms with van der Waals surface area (Å²) < 4.78 is 24.0. The van der Waals surface area contributed by atoms with E-state index in [1.54, 1.807) is 29.1 Å². The minimum atomic E-state index is -0.856. The van der Waals surface area contributed by atoms with Crippen molar-refractivity contribution in [3.8, 4) is 16.9 Å². The molecule has 0 spiro atoms. The second-order valence-corrected chi connectivity index (χ2v) is 9.33. The van der Waals surface area contributed by atoms with Crippen molar-refractivity contribution in [3.63, 3.8) is 0 Å². The van der Waals surface area contributed by atoms with Crippen LogP contribution in [0.1, 0.15) is 38.6 Å². The highest BCUT2D eigenvalue weighted by Gasteiger charge is 2.26. The predicted octanol–water partition coefficient (Wildman–Crippen LogP) is 5.23. The van der Waals surface area contributed by atoms with Crippen LogP contribution in [0.15, 0.2) is 55.1 Å². The average molecular weight is 567 g/mol. The number of pyridine rings is 1. The third kappa shape index (κ3) is 6.40. The highest BCUT2D eigenvalue weighted by atomic mass is 35.5. The number of aliphatic hydroxyl groups excluding tert-OH is 2. The lowest BCUT2D eigenvalue weighted by Crippen LogP contribution is -2.25. The standard InChI is InChI=1S/C27H32FN5O3.2ClH/c1-2-29-27-11-25-22(13-30-27)23(18-12-31-32(14-18)15-20(35)17-34)16-33(25)19-7-9-21(10-8-19)36-26-6-4-3-5-24(26)28;;/h3-6,11-14,16,19-21,34-35H,2,7-10,15,17H2,1H3,(H,29,30);2*1H. The molecule has 0 aliphatic heterocycles. The summed E-state index contributed by atoms with van der Waals surface area (Å²) in [6.45, 7) is 2.74. The average Bonchev–Trinajstić information content (AvgIpc) is 3.50. The number of halogens is 3. The molecule has 1 aromatic carbocycles. The van der Waals surface area contributed by atoms with Crippen molar-refractivity contribution in [2.75, 3.05) is 18.5 Å². The zero-order valence-electron chi connectivity index (χ0n) is 21.2. The molecule has 1 atom stereocenters. The van der Waals surface area contributed by atoms with Gasteiger partial charge in [0.05, 0.1) is 37.1 Å². The first-order valence-corrected chi connectivity index (χ1v) is 12.5. The van der Waals surface area contributed by atoms with E-state index in [4.69, 9.17) is 9.84 Å². The Morgan fingerprint density at radius 2 is 1.89 bits per heavy atom. The van der Waals surface area contributed by atoms with Gasteiger partial charge in [-0.2, -0.15) is 5.10 Å². The van der Waals surface area contributed by atoms with Crippen LogP contribution in [0.2, 0.25) is 0 Å². The van der Waals surface area contributed by atoms with Gasteiger partial charge in [0, 0.05) is 53.8 Å². The number of nitrogens with one attached hydrogen (secondary N) is 1. The first kappa shape index (κ1) is 29.7. The normalized spacial score (nSPS) is 17.9. The lowest BCUT2D eigenvalue weighted by molar-refractivity contribution is 0.0783. The number of anilines is 1. The van der Waals surface area contributed by atoms with E-state index in [-0.39, 0.29) is 55.9 Å². The molecule has 38 heavy (non-hydrogen) atoms. The predicted molar refractivity (Wildman–Crippen MR) is 151 cm³/mol.